The molecule has 1 aromatic heterocycles. The molecule has 0 radical (unpaired) electrons. The molecule has 38 heavy (non-hydrogen) atoms. The monoisotopic (exact) mass is 553 g/mol. The van der Waals surface area contributed by atoms with E-state index in [1.165, 1.54) is 50.5 Å². The van der Waals surface area contributed by atoms with Gasteiger partial charge < -0.3 is 31.7 Å². The molecule has 1 aliphatic rings. The number of unbranched alkanes of at least 4 members (excludes halogenated alkanes) is 8. The number of aromatic nitrogens is 1. The van der Waals surface area contributed by atoms with Crippen molar-refractivity contribution in [2.45, 2.75) is 131 Å². The van der Waals surface area contributed by atoms with Gasteiger partial charge in [-0.1, -0.05) is 78.6 Å². The van der Waals surface area contributed by atoms with E-state index in [4.69, 9.17) is 9.47 Å². The van der Waals surface area contributed by atoms with Gasteiger partial charge in [-0.2, -0.15) is 0 Å². The number of rotatable bonds is 19. The zero-order chi connectivity index (χ0) is 27.1. The number of aryl methyl sites for hydroxylation is 1. The van der Waals surface area contributed by atoms with E-state index in [1.54, 1.807) is 0 Å². The number of hydrogen-bond donors (Lipinski definition) is 1. The first-order valence-corrected chi connectivity index (χ1v) is 15.1. The maximum atomic E-state index is 12.0. The van der Waals surface area contributed by atoms with Crippen LogP contribution in [-0.4, -0.2) is 48.8 Å². The Hall–Kier alpha value is -1.37. The van der Waals surface area contributed by atoms with Crippen molar-refractivity contribution in [1.29, 1.82) is 0 Å². The fourth-order valence-corrected chi connectivity index (χ4v) is 5.18. The van der Waals surface area contributed by atoms with Crippen LogP contribution >= 0.6 is 0 Å². The van der Waals surface area contributed by atoms with Crippen molar-refractivity contribution in [3.8, 4) is 5.75 Å². The van der Waals surface area contributed by atoms with Gasteiger partial charge in [0.25, 0.3) is 0 Å². The van der Waals surface area contributed by atoms with Crippen LogP contribution in [0.3, 0.4) is 0 Å². The Kier molecular flexibility index (Phi) is 17.2. The lowest BCUT2D eigenvalue weighted by molar-refractivity contribution is -0.903. The first-order valence-electron chi connectivity index (χ1n) is 15.1. The molecule has 2 atom stereocenters. The first-order chi connectivity index (χ1) is 17.8. The summed E-state index contributed by atoms with van der Waals surface area (Å²) in [6.07, 6.45) is 17.1. The van der Waals surface area contributed by atoms with Crippen LogP contribution in [0.25, 0.3) is 0 Å². The van der Waals surface area contributed by atoms with Crippen molar-refractivity contribution in [2.75, 3.05) is 27.2 Å². The predicted octanol–water partition coefficient (Wildman–Crippen LogP) is 4.07. The molecule has 1 aliphatic heterocycles. The summed E-state index contributed by atoms with van der Waals surface area (Å²) in [7, 11) is 4.49. The van der Waals surface area contributed by atoms with E-state index in [0.29, 0.717) is 18.9 Å². The third-order valence-corrected chi connectivity index (χ3v) is 7.63. The second kappa shape index (κ2) is 18.8. The van der Waals surface area contributed by atoms with Crippen molar-refractivity contribution < 1.29 is 31.2 Å². The molecule has 2 rings (SSSR count). The van der Waals surface area contributed by atoms with E-state index in [0.717, 1.165) is 73.2 Å². The van der Waals surface area contributed by atoms with Gasteiger partial charge in [-0.3, -0.25) is 9.78 Å². The number of ether oxygens (including phenoxy) is 2. The summed E-state index contributed by atoms with van der Waals surface area (Å²) in [5.41, 5.74) is 3.31. The van der Waals surface area contributed by atoms with Crippen LogP contribution in [0.15, 0.2) is 6.20 Å². The minimum absolute atomic E-state index is 0. The number of pyridine rings is 1. The molecule has 1 amide bonds. The fraction of sp³-hybridized carbons (Fsp3) is 0.806. The van der Waals surface area contributed by atoms with Crippen molar-refractivity contribution in [2.24, 2.45) is 5.92 Å². The Morgan fingerprint density at radius 3 is 2.42 bits per heavy atom. The molecule has 0 saturated heterocycles. The number of halogens is 1. The zero-order valence-electron chi connectivity index (χ0n) is 25.3. The average molecular weight is 554 g/mol. The summed E-state index contributed by atoms with van der Waals surface area (Å²) in [4.78, 5) is 16.7. The zero-order valence-corrected chi connectivity index (χ0v) is 26.0. The minimum Gasteiger partial charge on any atom is -1.00 e. The van der Waals surface area contributed by atoms with Crippen LogP contribution in [0, 0.1) is 12.8 Å². The largest absolute Gasteiger partial charge is 1.00 e. The number of carbonyl (C=O) groups is 1. The van der Waals surface area contributed by atoms with E-state index < -0.39 is 0 Å². The van der Waals surface area contributed by atoms with E-state index in [-0.39, 0.29) is 24.6 Å². The molecule has 0 aliphatic carbocycles. The predicted molar refractivity (Wildman–Crippen MR) is 152 cm³/mol. The molecule has 1 aromatic rings. The Morgan fingerprint density at radius 1 is 1.05 bits per heavy atom. The van der Waals surface area contributed by atoms with Gasteiger partial charge in [0.1, 0.15) is 12.3 Å². The highest BCUT2D eigenvalue weighted by Gasteiger charge is 2.30. The molecule has 0 bridgehead atoms. The molecule has 2 heterocycles. The summed E-state index contributed by atoms with van der Waals surface area (Å²) >= 11 is 0. The number of nitrogens with zero attached hydrogens (tertiary/aromatic N) is 2. The Morgan fingerprint density at radius 2 is 1.71 bits per heavy atom. The highest BCUT2D eigenvalue weighted by atomic mass is 35.5. The van der Waals surface area contributed by atoms with Crippen molar-refractivity contribution in [1.82, 2.24) is 10.3 Å². The average Bonchev–Trinajstić information content (AvgIpc) is 2.87. The Bertz CT molecular complexity index is 803. The summed E-state index contributed by atoms with van der Waals surface area (Å²) < 4.78 is 13.5. The Labute approximate surface area is 239 Å². The van der Waals surface area contributed by atoms with Gasteiger partial charge in [0.15, 0.2) is 0 Å². The van der Waals surface area contributed by atoms with Gasteiger partial charge in [-0.15, -0.1) is 0 Å². The number of fused-ring (bicyclic) bond motifs is 1. The van der Waals surface area contributed by atoms with Crippen LogP contribution in [0.4, 0.5) is 0 Å². The fourth-order valence-electron chi connectivity index (χ4n) is 5.18. The number of carbonyl (C=O) groups excluding carboxylic acids is 1. The maximum Gasteiger partial charge on any atom is 0.219 e. The normalized spacial score (nSPS) is 15.8. The van der Waals surface area contributed by atoms with E-state index in [2.05, 4.69) is 45.2 Å². The number of hydrogen-bond acceptors (Lipinski definition) is 4. The molecule has 7 heteroatoms. The highest BCUT2D eigenvalue weighted by Crippen LogP contribution is 2.35. The quantitative estimate of drug-likeness (QED) is 0.207. The molecule has 0 aromatic carbocycles. The first kappa shape index (κ1) is 34.7. The lowest BCUT2D eigenvalue weighted by Gasteiger charge is -2.34. The van der Waals surface area contributed by atoms with Gasteiger partial charge in [0.2, 0.25) is 12.2 Å². The van der Waals surface area contributed by atoms with Crippen LogP contribution in [0.5, 0.6) is 5.75 Å². The topological polar surface area (TPSA) is 60.5 Å². The van der Waals surface area contributed by atoms with Crippen molar-refractivity contribution >= 4 is 5.91 Å². The second-order valence-electron chi connectivity index (χ2n) is 11.8. The highest BCUT2D eigenvalue weighted by molar-refractivity contribution is 5.75. The van der Waals surface area contributed by atoms with Crippen LogP contribution < -0.4 is 22.5 Å². The number of nitrogens with one attached hydrogen (secondary N) is 1. The standard InChI is InChI=1S/C31H55N3O3.ClH/c1-7-9-11-12-13-14-16-18-25(3)31-36-24-28-27(22-33-26(4)30(28)37-31)23-34(5,6)21-17-20-32-29(35)19-15-10-8-2;/h22,25,31H,7-21,23-24H2,1-6H3;1H. The van der Waals surface area contributed by atoms with Gasteiger partial charge >= 0.3 is 0 Å². The molecular weight excluding hydrogens is 498 g/mol. The van der Waals surface area contributed by atoms with Gasteiger partial charge in [-0.25, -0.2) is 0 Å². The van der Waals surface area contributed by atoms with Crippen molar-refractivity contribution in [3.63, 3.8) is 0 Å². The smallest absolute Gasteiger partial charge is 0.219 e. The number of amides is 1. The molecule has 220 valence electrons. The maximum absolute atomic E-state index is 12.0. The number of quaternary nitrogens is 1. The minimum atomic E-state index is -0.188. The van der Waals surface area contributed by atoms with E-state index in [1.807, 2.05) is 13.1 Å². The van der Waals surface area contributed by atoms with E-state index in [9.17, 15) is 4.79 Å². The van der Waals surface area contributed by atoms with Crippen LogP contribution in [0.1, 0.15) is 121 Å². The van der Waals surface area contributed by atoms with Gasteiger partial charge in [-0.05, 0) is 19.8 Å². The molecule has 0 saturated carbocycles. The van der Waals surface area contributed by atoms with Gasteiger partial charge in [0, 0.05) is 42.6 Å². The van der Waals surface area contributed by atoms with Crippen LogP contribution in [-0.2, 0) is 22.7 Å². The molecule has 0 spiro atoms. The SMILES string of the molecule is CCCCCCCCCC(C)C1OCc2c(C[N+](C)(C)CCCNC(=O)CCCCC)cnc(C)c2O1.[Cl-]. The third-order valence-electron chi connectivity index (χ3n) is 7.63. The molecule has 2 unspecified atom stereocenters. The van der Waals surface area contributed by atoms with E-state index >= 15 is 0 Å². The Balaban J connectivity index is 0.00000722. The summed E-state index contributed by atoms with van der Waals surface area (Å²) in [6, 6.07) is 0. The summed E-state index contributed by atoms with van der Waals surface area (Å²) in [6.45, 7) is 11.9. The van der Waals surface area contributed by atoms with Crippen LogP contribution in [0.2, 0.25) is 0 Å². The molecule has 6 nitrogen and oxygen atoms in total. The lowest BCUT2D eigenvalue weighted by atomic mass is 10.00. The second-order valence-corrected chi connectivity index (χ2v) is 11.8. The summed E-state index contributed by atoms with van der Waals surface area (Å²) in [5, 5.41) is 3.08. The molecular formula is C31H56ClN3O3. The third kappa shape index (κ3) is 12.7. The molecule has 1 N–H and O–H groups in total. The summed E-state index contributed by atoms with van der Waals surface area (Å²) in [5.74, 6) is 1.48. The van der Waals surface area contributed by atoms with Crippen molar-refractivity contribution in [3.05, 3.63) is 23.0 Å². The molecule has 0 fully saturated rings. The van der Waals surface area contributed by atoms with Gasteiger partial charge in [0.05, 0.1) is 32.9 Å². The lowest BCUT2D eigenvalue weighted by Crippen LogP contribution is -3.00.